The van der Waals surface area contributed by atoms with Gasteiger partial charge in [0.25, 0.3) is 5.91 Å². The van der Waals surface area contributed by atoms with E-state index >= 15 is 0 Å². The number of esters is 1. The van der Waals surface area contributed by atoms with E-state index in [4.69, 9.17) is 4.74 Å². The lowest BCUT2D eigenvalue weighted by Gasteiger charge is -2.44. The third kappa shape index (κ3) is 2.69. The summed E-state index contributed by atoms with van der Waals surface area (Å²) in [6, 6.07) is 0.0195. The van der Waals surface area contributed by atoms with Crippen LogP contribution in [-0.2, 0) is 19.1 Å². The zero-order valence-electron chi connectivity index (χ0n) is 11.2. The van der Waals surface area contributed by atoms with E-state index in [9.17, 15) is 14.4 Å². The van der Waals surface area contributed by atoms with Gasteiger partial charge >= 0.3 is 5.97 Å². The van der Waals surface area contributed by atoms with Crippen molar-refractivity contribution in [1.82, 2.24) is 4.90 Å². The summed E-state index contributed by atoms with van der Waals surface area (Å²) in [5.74, 6) is -1.12. The minimum atomic E-state index is -0.598. The number of likely N-dealkylation sites (tertiary alicyclic amines) is 1. The predicted molar refractivity (Wildman–Crippen MR) is 68.0 cm³/mol. The minimum Gasteiger partial charge on any atom is -0.452 e. The number of nitrogens with zero attached hydrogens (tertiary/aromatic N) is 1. The van der Waals surface area contributed by atoms with Crippen LogP contribution in [-0.4, -0.2) is 35.3 Å². The first-order chi connectivity index (χ1) is 9.02. The van der Waals surface area contributed by atoms with Crippen molar-refractivity contribution in [3.63, 3.8) is 0 Å². The van der Waals surface area contributed by atoms with Crippen molar-refractivity contribution in [2.75, 3.05) is 6.61 Å². The highest BCUT2D eigenvalue weighted by molar-refractivity contribution is 6.03. The largest absolute Gasteiger partial charge is 0.452 e. The summed E-state index contributed by atoms with van der Waals surface area (Å²) >= 11 is 0. The number of amides is 2. The Balaban J connectivity index is 1.91. The molecule has 5 nitrogen and oxygen atoms in total. The molecule has 104 valence electrons. The molecule has 1 saturated heterocycles. The average Bonchev–Trinajstić information content (AvgIpc) is 2.58. The molecule has 2 atom stereocenters. The van der Waals surface area contributed by atoms with Crippen LogP contribution in [0.5, 0.6) is 0 Å². The highest BCUT2D eigenvalue weighted by Crippen LogP contribution is 2.37. The molecule has 0 radical (unpaired) electrons. The van der Waals surface area contributed by atoms with Gasteiger partial charge < -0.3 is 4.74 Å². The predicted octanol–water partition coefficient (Wildman–Crippen LogP) is 1.42. The topological polar surface area (TPSA) is 63.7 Å². The number of carbonyl (C=O) groups excluding carboxylic acids is 3. The van der Waals surface area contributed by atoms with Gasteiger partial charge in [0, 0.05) is 5.57 Å². The second kappa shape index (κ2) is 5.55. The van der Waals surface area contributed by atoms with Crippen molar-refractivity contribution in [3.8, 4) is 0 Å². The van der Waals surface area contributed by atoms with Gasteiger partial charge in [-0.3, -0.25) is 14.5 Å². The van der Waals surface area contributed by atoms with Gasteiger partial charge in [-0.15, -0.1) is 0 Å². The molecule has 19 heavy (non-hydrogen) atoms. The van der Waals surface area contributed by atoms with Crippen LogP contribution < -0.4 is 0 Å². The van der Waals surface area contributed by atoms with Crippen LogP contribution >= 0.6 is 0 Å². The van der Waals surface area contributed by atoms with Crippen LogP contribution in [0, 0.1) is 5.92 Å². The van der Waals surface area contributed by atoms with Crippen LogP contribution in [0.2, 0.25) is 0 Å². The van der Waals surface area contributed by atoms with Crippen molar-refractivity contribution in [3.05, 3.63) is 12.2 Å². The van der Waals surface area contributed by atoms with Gasteiger partial charge in [0.05, 0.1) is 12.0 Å². The van der Waals surface area contributed by atoms with Gasteiger partial charge in [0.1, 0.15) is 0 Å². The summed E-state index contributed by atoms with van der Waals surface area (Å²) in [4.78, 5) is 36.3. The van der Waals surface area contributed by atoms with E-state index in [0.717, 1.165) is 32.1 Å². The molecule has 0 bridgehead atoms. The van der Waals surface area contributed by atoms with Crippen LogP contribution in [0.1, 0.15) is 39.0 Å². The van der Waals surface area contributed by atoms with Gasteiger partial charge in [-0.05, 0) is 19.8 Å². The number of carbonyl (C=O) groups is 3. The molecule has 5 heteroatoms. The summed E-state index contributed by atoms with van der Waals surface area (Å²) in [6.45, 7) is 4.58. The van der Waals surface area contributed by atoms with E-state index in [2.05, 4.69) is 6.58 Å². The van der Waals surface area contributed by atoms with E-state index in [-0.39, 0.29) is 30.0 Å². The maximum atomic E-state index is 11.9. The quantitative estimate of drug-likeness (QED) is 0.440. The molecule has 2 aliphatic rings. The smallest absolute Gasteiger partial charge is 0.333 e. The summed E-state index contributed by atoms with van der Waals surface area (Å²) in [5.41, 5.74) is 0.245. The summed E-state index contributed by atoms with van der Waals surface area (Å²) in [7, 11) is 0. The number of β-lactam (4-membered cyclic amide) rings is 1. The maximum absolute atomic E-state index is 11.9. The van der Waals surface area contributed by atoms with Gasteiger partial charge in [-0.2, -0.15) is 0 Å². The summed E-state index contributed by atoms with van der Waals surface area (Å²) in [6.07, 6.45) is 4.96. The Bertz CT molecular complexity index is 429. The molecule has 0 aromatic carbocycles. The Hall–Kier alpha value is -1.65. The second-order valence-electron chi connectivity index (χ2n) is 5.27. The van der Waals surface area contributed by atoms with E-state index < -0.39 is 11.9 Å². The van der Waals surface area contributed by atoms with Crippen LogP contribution in [0.15, 0.2) is 12.2 Å². The molecule has 2 fully saturated rings. The molecule has 0 aromatic heterocycles. The zero-order valence-corrected chi connectivity index (χ0v) is 11.2. The fourth-order valence-corrected chi connectivity index (χ4v) is 2.77. The Kier molecular flexibility index (Phi) is 4.02. The molecule has 1 saturated carbocycles. The molecule has 2 amide bonds. The van der Waals surface area contributed by atoms with Crippen molar-refractivity contribution in [2.45, 2.75) is 45.1 Å². The lowest BCUT2D eigenvalue weighted by Crippen LogP contribution is -2.63. The number of fused-ring (bicyclic) bond motifs is 1. The van der Waals surface area contributed by atoms with Crippen LogP contribution in [0.25, 0.3) is 0 Å². The zero-order chi connectivity index (χ0) is 14.0. The van der Waals surface area contributed by atoms with Crippen molar-refractivity contribution >= 4 is 17.8 Å². The summed E-state index contributed by atoms with van der Waals surface area (Å²) in [5, 5.41) is 0. The second-order valence-corrected chi connectivity index (χ2v) is 5.27. The van der Waals surface area contributed by atoms with Crippen molar-refractivity contribution in [1.29, 1.82) is 0 Å². The van der Waals surface area contributed by atoms with Gasteiger partial charge in [0.15, 0.2) is 6.61 Å². The number of hydrogen-bond donors (Lipinski definition) is 0. The molecule has 2 unspecified atom stereocenters. The number of imide groups is 1. The molecule has 0 spiro atoms. The molecular weight excluding hydrogens is 246 g/mol. The fraction of sp³-hybridized carbons (Fsp3) is 0.643. The monoisotopic (exact) mass is 265 g/mol. The first-order valence-corrected chi connectivity index (χ1v) is 6.71. The molecule has 1 heterocycles. The SMILES string of the molecule is C=C(C)C(=O)OCC(=O)N1C(=O)C2CCCCCC21. The summed E-state index contributed by atoms with van der Waals surface area (Å²) < 4.78 is 4.80. The van der Waals surface area contributed by atoms with E-state index in [0.29, 0.717) is 0 Å². The van der Waals surface area contributed by atoms with Gasteiger partial charge in [0.2, 0.25) is 5.91 Å². The van der Waals surface area contributed by atoms with Crippen molar-refractivity contribution in [2.24, 2.45) is 5.92 Å². The highest BCUT2D eigenvalue weighted by Gasteiger charge is 2.50. The Labute approximate surface area is 112 Å². The van der Waals surface area contributed by atoms with Crippen molar-refractivity contribution < 1.29 is 19.1 Å². The first kappa shape index (κ1) is 13.8. The van der Waals surface area contributed by atoms with E-state index in [1.807, 2.05) is 0 Å². The lowest BCUT2D eigenvalue weighted by molar-refractivity contribution is -0.171. The van der Waals surface area contributed by atoms with E-state index in [1.165, 1.54) is 11.8 Å². The number of rotatable bonds is 3. The first-order valence-electron chi connectivity index (χ1n) is 6.71. The Morgan fingerprint density at radius 2 is 2.00 bits per heavy atom. The normalized spacial score (nSPS) is 25.9. The molecule has 0 N–H and O–H groups in total. The Morgan fingerprint density at radius 1 is 1.32 bits per heavy atom. The molecular formula is C14H19NO4. The number of ether oxygens (including phenoxy) is 1. The number of hydrogen-bond acceptors (Lipinski definition) is 4. The van der Waals surface area contributed by atoms with Crippen LogP contribution in [0.3, 0.4) is 0 Å². The molecule has 0 aromatic rings. The minimum absolute atomic E-state index is 0.00305. The molecule has 1 aliphatic carbocycles. The van der Waals surface area contributed by atoms with E-state index in [1.54, 1.807) is 0 Å². The molecule has 1 aliphatic heterocycles. The third-order valence-corrected chi connectivity index (χ3v) is 3.81. The molecule has 2 rings (SSSR count). The fourth-order valence-electron chi connectivity index (χ4n) is 2.77. The average molecular weight is 265 g/mol. The lowest BCUT2D eigenvalue weighted by atomic mass is 9.83. The maximum Gasteiger partial charge on any atom is 0.333 e. The van der Waals surface area contributed by atoms with Gasteiger partial charge in [-0.25, -0.2) is 4.79 Å². The standard InChI is InChI=1S/C14H19NO4/c1-9(2)14(18)19-8-12(16)15-11-7-5-3-4-6-10(11)13(15)17/h10-11H,1,3-8H2,2H3. The Morgan fingerprint density at radius 3 is 2.68 bits per heavy atom. The van der Waals surface area contributed by atoms with Crippen LogP contribution in [0.4, 0.5) is 0 Å². The third-order valence-electron chi connectivity index (χ3n) is 3.81. The highest BCUT2D eigenvalue weighted by atomic mass is 16.5. The van der Waals surface area contributed by atoms with Gasteiger partial charge in [-0.1, -0.05) is 25.8 Å².